The van der Waals surface area contributed by atoms with E-state index in [4.69, 9.17) is 4.98 Å². The lowest BCUT2D eigenvalue weighted by molar-refractivity contribution is -0.117. The summed E-state index contributed by atoms with van der Waals surface area (Å²) in [5, 5.41) is 4.21. The van der Waals surface area contributed by atoms with Gasteiger partial charge in [0.15, 0.2) is 0 Å². The molecule has 2 aliphatic rings. The lowest BCUT2D eigenvalue weighted by Gasteiger charge is -2.31. The molecule has 2 amide bonds. The monoisotopic (exact) mass is 448 g/mol. The molecule has 0 saturated carbocycles. The lowest BCUT2D eigenvalue weighted by atomic mass is 9.98. The first kappa shape index (κ1) is 21.1. The Balaban J connectivity index is 1.12. The quantitative estimate of drug-likeness (QED) is 0.597. The zero-order valence-electron chi connectivity index (χ0n) is 18.1. The second kappa shape index (κ2) is 9.38. The minimum atomic E-state index is 0.0251. The summed E-state index contributed by atoms with van der Waals surface area (Å²) in [5.74, 6) is 0.648. The van der Waals surface area contributed by atoms with Gasteiger partial charge in [-0.2, -0.15) is 0 Å². The first-order valence-electron chi connectivity index (χ1n) is 11.4. The highest BCUT2D eigenvalue weighted by Crippen LogP contribution is 2.33. The van der Waals surface area contributed by atoms with Gasteiger partial charge in [-0.1, -0.05) is 12.1 Å². The minimum Gasteiger partial charge on any atom is -0.326 e. The third-order valence-corrected chi connectivity index (χ3v) is 7.56. The Bertz CT molecular complexity index is 1080. The number of anilines is 2. The molecule has 2 saturated heterocycles. The molecule has 1 N–H and O–H groups in total. The third kappa shape index (κ3) is 4.69. The van der Waals surface area contributed by atoms with E-state index >= 15 is 0 Å². The molecule has 3 aromatic rings. The van der Waals surface area contributed by atoms with Crippen molar-refractivity contribution in [2.75, 3.05) is 36.4 Å². The molecule has 2 fully saturated rings. The number of rotatable bonds is 6. The van der Waals surface area contributed by atoms with Gasteiger partial charge >= 0.3 is 0 Å². The summed E-state index contributed by atoms with van der Waals surface area (Å²) in [7, 11) is 0. The topological polar surface area (TPSA) is 65.5 Å². The van der Waals surface area contributed by atoms with Gasteiger partial charge in [0.1, 0.15) is 0 Å². The van der Waals surface area contributed by atoms with Crippen molar-refractivity contribution in [2.24, 2.45) is 0 Å². The predicted molar refractivity (Wildman–Crippen MR) is 129 cm³/mol. The zero-order chi connectivity index (χ0) is 21.9. The second-order valence-electron chi connectivity index (χ2n) is 8.65. The van der Waals surface area contributed by atoms with Crippen LogP contribution in [0.3, 0.4) is 0 Å². The maximum absolute atomic E-state index is 12.5. The summed E-state index contributed by atoms with van der Waals surface area (Å²) in [5.41, 5.74) is 2.76. The molecule has 3 heterocycles. The molecule has 5 rings (SSSR count). The molecule has 7 heteroatoms. The van der Waals surface area contributed by atoms with Crippen LogP contribution >= 0.6 is 11.3 Å². The standard InChI is InChI=1S/C25H28N4O2S/c30-23(26-19-9-11-20(12-10-19)29-15-4-8-24(29)31)13-16-28-14-3-5-18(17-28)25-27-21-6-1-2-7-22(21)32-25/h1-2,6-7,9-12,18H,3-5,8,13-17H2,(H,26,30)/t18-/m1/s1. The summed E-state index contributed by atoms with van der Waals surface area (Å²) in [6, 6.07) is 15.9. The average Bonchev–Trinajstić information content (AvgIpc) is 3.45. The summed E-state index contributed by atoms with van der Waals surface area (Å²) >= 11 is 1.80. The predicted octanol–water partition coefficient (Wildman–Crippen LogP) is 4.63. The van der Waals surface area contributed by atoms with Crippen molar-refractivity contribution in [2.45, 2.75) is 38.0 Å². The van der Waals surface area contributed by atoms with Gasteiger partial charge in [0, 0.05) is 49.8 Å². The van der Waals surface area contributed by atoms with Gasteiger partial charge in [0.05, 0.1) is 15.2 Å². The van der Waals surface area contributed by atoms with Crippen molar-refractivity contribution in [3.8, 4) is 0 Å². The van der Waals surface area contributed by atoms with Gasteiger partial charge in [-0.15, -0.1) is 11.3 Å². The van der Waals surface area contributed by atoms with Crippen molar-refractivity contribution in [3.05, 3.63) is 53.5 Å². The fourth-order valence-electron chi connectivity index (χ4n) is 4.65. The number of aromatic nitrogens is 1. The first-order valence-corrected chi connectivity index (χ1v) is 12.3. The molecule has 166 valence electrons. The summed E-state index contributed by atoms with van der Waals surface area (Å²) in [6.45, 7) is 3.53. The Hall–Kier alpha value is -2.77. The maximum atomic E-state index is 12.5. The highest BCUT2D eigenvalue weighted by atomic mass is 32.1. The fraction of sp³-hybridized carbons (Fsp3) is 0.400. The van der Waals surface area contributed by atoms with Crippen LogP contribution in [-0.2, 0) is 9.59 Å². The van der Waals surface area contributed by atoms with E-state index in [0.29, 0.717) is 18.8 Å². The number of para-hydroxylation sites is 1. The summed E-state index contributed by atoms with van der Waals surface area (Å²) in [4.78, 5) is 33.4. The molecule has 0 radical (unpaired) electrons. The van der Waals surface area contributed by atoms with Crippen LogP contribution in [0.5, 0.6) is 0 Å². The molecule has 1 aromatic heterocycles. The Labute approximate surface area is 192 Å². The van der Waals surface area contributed by atoms with E-state index in [1.807, 2.05) is 35.2 Å². The van der Waals surface area contributed by atoms with E-state index < -0.39 is 0 Å². The van der Waals surface area contributed by atoms with Crippen LogP contribution in [0.15, 0.2) is 48.5 Å². The molecule has 0 aliphatic carbocycles. The molecular weight excluding hydrogens is 420 g/mol. The van der Waals surface area contributed by atoms with Crippen LogP contribution in [0.1, 0.15) is 43.0 Å². The van der Waals surface area contributed by atoms with E-state index in [0.717, 1.165) is 62.3 Å². The van der Waals surface area contributed by atoms with Crippen LogP contribution in [-0.4, -0.2) is 47.9 Å². The Kier molecular flexibility index (Phi) is 6.19. The smallest absolute Gasteiger partial charge is 0.227 e. The van der Waals surface area contributed by atoms with Crippen LogP contribution in [0.4, 0.5) is 11.4 Å². The Morgan fingerprint density at radius 1 is 1.09 bits per heavy atom. The fourth-order valence-corrected chi connectivity index (χ4v) is 5.75. The first-order chi connectivity index (χ1) is 15.7. The molecule has 6 nitrogen and oxygen atoms in total. The largest absolute Gasteiger partial charge is 0.326 e. The number of hydrogen-bond acceptors (Lipinski definition) is 5. The highest BCUT2D eigenvalue weighted by molar-refractivity contribution is 7.18. The number of hydrogen-bond donors (Lipinski definition) is 1. The van der Waals surface area contributed by atoms with Gasteiger partial charge in [-0.25, -0.2) is 4.98 Å². The number of fused-ring (bicyclic) bond motifs is 1. The van der Waals surface area contributed by atoms with E-state index in [1.54, 1.807) is 11.3 Å². The molecule has 32 heavy (non-hydrogen) atoms. The molecule has 0 bridgehead atoms. The molecule has 0 unspecified atom stereocenters. The van der Waals surface area contributed by atoms with Gasteiger partial charge in [0.25, 0.3) is 0 Å². The average molecular weight is 449 g/mol. The Morgan fingerprint density at radius 2 is 1.94 bits per heavy atom. The number of thiazole rings is 1. The normalized spacial score (nSPS) is 19.6. The van der Waals surface area contributed by atoms with Crippen molar-refractivity contribution in [1.82, 2.24) is 9.88 Å². The number of carbonyl (C=O) groups is 2. The van der Waals surface area contributed by atoms with Gasteiger partial charge < -0.3 is 15.1 Å². The molecule has 0 spiro atoms. The maximum Gasteiger partial charge on any atom is 0.227 e. The molecule has 2 aromatic carbocycles. The van der Waals surface area contributed by atoms with Crippen LogP contribution in [0.25, 0.3) is 10.2 Å². The molecule has 2 aliphatic heterocycles. The number of likely N-dealkylation sites (tertiary alicyclic amines) is 1. The summed E-state index contributed by atoms with van der Waals surface area (Å²) < 4.78 is 1.25. The number of nitrogens with zero attached hydrogens (tertiary/aromatic N) is 3. The lowest BCUT2D eigenvalue weighted by Crippen LogP contribution is -2.36. The number of carbonyl (C=O) groups excluding carboxylic acids is 2. The van der Waals surface area contributed by atoms with E-state index in [9.17, 15) is 9.59 Å². The molecule has 1 atom stereocenters. The van der Waals surface area contributed by atoms with Crippen LogP contribution < -0.4 is 10.2 Å². The van der Waals surface area contributed by atoms with Gasteiger partial charge in [-0.3, -0.25) is 9.59 Å². The van der Waals surface area contributed by atoms with Crippen molar-refractivity contribution in [1.29, 1.82) is 0 Å². The number of nitrogens with one attached hydrogen (secondary N) is 1. The Morgan fingerprint density at radius 3 is 2.72 bits per heavy atom. The van der Waals surface area contributed by atoms with E-state index in [1.165, 1.54) is 9.71 Å². The minimum absolute atomic E-state index is 0.0251. The van der Waals surface area contributed by atoms with Crippen LogP contribution in [0, 0.1) is 0 Å². The van der Waals surface area contributed by atoms with E-state index in [2.05, 4.69) is 28.4 Å². The van der Waals surface area contributed by atoms with Gasteiger partial charge in [0.2, 0.25) is 11.8 Å². The number of benzene rings is 2. The third-order valence-electron chi connectivity index (χ3n) is 6.36. The highest BCUT2D eigenvalue weighted by Gasteiger charge is 2.24. The van der Waals surface area contributed by atoms with Crippen LogP contribution in [0.2, 0.25) is 0 Å². The number of amides is 2. The van der Waals surface area contributed by atoms with Crippen molar-refractivity contribution < 1.29 is 9.59 Å². The summed E-state index contributed by atoms with van der Waals surface area (Å²) in [6.07, 6.45) is 4.30. The second-order valence-corrected chi connectivity index (χ2v) is 9.72. The van der Waals surface area contributed by atoms with E-state index in [-0.39, 0.29) is 11.8 Å². The van der Waals surface area contributed by atoms with Gasteiger partial charge in [-0.05, 0) is 62.2 Å². The SMILES string of the molecule is O=C(CCN1CCC[C@@H](c2nc3ccccc3s2)C1)Nc1ccc(N2CCCC2=O)cc1. The zero-order valence-corrected chi connectivity index (χ0v) is 18.9. The molecular formula is C25H28N4O2S. The van der Waals surface area contributed by atoms with Crippen molar-refractivity contribution >= 4 is 44.7 Å². The number of piperidine rings is 1. The van der Waals surface area contributed by atoms with Crippen molar-refractivity contribution in [3.63, 3.8) is 0 Å².